The summed E-state index contributed by atoms with van der Waals surface area (Å²) in [6.07, 6.45) is 4.66. The largest absolute Gasteiger partial charge is 0.412 e. The van der Waals surface area contributed by atoms with Crippen LogP contribution in [0.15, 0.2) is 0 Å². The summed E-state index contributed by atoms with van der Waals surface area (Å²) >= 11 is 0. The van der Waals surface area contributed by atoms with Gasteiger partial charge in [-0.2, -0.15) is 0 Å². The van der Waals surface area contributed by atoms with Crippen LogP contribution in [0.3, 0.4) is 0 Å². The van der Waals surface area contributed by atoms with Crippen molar-refractivity contribution >= 4 is 5.78 Å². The van der Waals surface area contributed by atoms with Crippen molar-refractivity contribution in [2.75, 3.05) is 0 Å². The quantitative estimate of drug-likeness (QED) is 0.576. The average molecular weight is 188 g/mol. The van der Waals surface area contributed by atoms with Gasteiger partial charge in [-0.1, -0.05) is 27.7 Å². The lowest BCUT2D eigenvalue weighted by Gasteiger charge is -2.04. The maximum absolute atomic E-state index is 10.8. The van der Waals surface area contributed by atoms with Gasteiger partial charge in [-0.15, -0.1) is 0 Å². The first-order valence-corrected chi connectivity index (χ1v) is 5.39. The van der Waals surface area contributed by atoms with Crippen molar-refractivity contribution < 1.29 is 10.3 Å². The maximum Gasteiger partial charge on any atom is 0.136 e. The Morgan fingerprint density at radius 1 is 1.08 bits per heavy atom. The van der Waals surface area contributed by atoms with Crippen molar-refractivity contribution in [2.24, 2.45) is 11.8 Å². The summed E-state index contributed by atoms with van der Waals surface area (Å²) in [7, 11) is 0. The summed E-state index contributed by atoms with van der Waals surface area (Å²) in [6.45, 7) is 8.00. The van der Waals surface area contributed by atoms with Crippen LogP contribution in [-0.4, -0.2) is 11.3 Å². The fraction of sp³-hybridized carbons (Fsp3) is 0.909. The molecule has 2 saturated carbocycles. The van der Waals surface area contributed by atoms with Gasteiger partial charge in [0.25, 0.3) is 0 Å². The van der Waals surface area contributed by atoms with E-state index >= 15 is 0 Å². The van der Waals surface area contributed by atoms with Crippen LogP contribution in [0.1, 0.15) is 53.4 Å². The van der Waals surface area contributed by atoms with E-state index < -0.39 is 0 Å². The molecule has 0 spiro atoms. The number of carbonyl (C=O) groups is 1. The van der Waals surface area contributed by atoms with Crippen LogP contribution in [0.2, 0.25) is 0 Å². The lowest BCUT2D eigenvalue weighted by atomic mass is 10.00. The highest BCUT2D eigenvalue weighted by molar-refractivity contribution is 5.84. The molecular weight excluding hydrogens is 164 g/mol. The summed E-state index contributed by atoms with van der Waals surface area (Å²) in [5.41, 5.74) is 0. The molecule has 0 heterocycles. The van der Waals surface area contributed by atoms with E-state index in [4.69, 9.17) is 0 Å². The van der Waals surface area contributed by atoms with E-state index in [-0.39, 0.29) is 5.48 Å². The van der Waals surface area contributed by atoms with Gasteiger partial charge in [-0.05, 0) is 25.2 Å². The van der Waals surface area contributed by atoms with Gasteiger partial charge in [-0.25, -0.2) is 0 Å². The van der Waals surface area contributed by atoms with E-state index in [1.807, 2.05) is 27.7 Å². The van der Waals surface area contributed by atoms with Crippen LogP contribution in [0.5, 0.6) is 0 Å². The zero-order valence-corrected chi connectivity index (χ0v) is 9.39. The third kappa shape index (κ3) is 3.90. The number of hydrogen-bond donors (Lipinski definition) is 0. The predicted octanol–water partition coefficient (Wildman–Crippen LogP) is 2.60. The standard InChI is InChI=1S/C7H10O.2C2H6.H2O/c8-7-4-5-1-2-6(7)3-5;2*1-2;/h5-6H,1-4H2;2*1-2H3;1H2. The molecule has 2 unspecified atom stereocenters. The van der Waals surface area contributed by atoms with Gasteiger partial charge in [0.15, 0.2) is 0 Å². The van der Waals surface area contributed by atoms with Crippen molar-refractivity contribution in [1.29, 1.82) is 0 Å². The number of ketones is 1. The van der Waals surface area contributed by atoms with Crippen molar-refractivity contribution in [3.63, 3.8) is 0 Å². The Morgan fingerprint density at radius 2 is 1.62 bits per heavy atom. The van der Waals surface area contributed by atoms with Crippen LogP contribution >= 0.6 is 0 Å². The topological polar surface area (TPSA) is 48.6 Å². The van der Waals surface area contributed by atoms with Gasteiger partial charge in [0.1, 0.15) is 5.78 Å². The maximum atomic E-state index is 10.8. The molecule has 2 nitrogen and oxygen atoms in total. The Kier molecular flexibility index (Phi) is 9.58. The molecule has 2 fully saturated rings. The van der Waals surface area contributed by atoms with Crippen LogP contribution in [-0.2, 0) is 4.79 Å². The normalized spacial score (nSPS) is 27.8. The minimum absolute atomic E-state index is 0. The average Bonchev–Trinajstić information content (AvgIpc) is 2.72. The zero-order chi connectivity index (χ0) is 9.56. The predicted molar refractivity (Wildman–Crippen MR) is 56.8 cm³/mol. The molecule has 0 saturated heterocycles. The minimum atomic E-state index is 0. The number of fused-ring (bicyclic) bond motifs is 2. The van der Waals surface area contributed by atoms with Gasteiger partial charge >= 0.3 is 0 Å². The molecule has 0 aromatic carbocycles. The first-order valence-electron chi connectivity index (χ1n) is 5.39. The molecule has 2 aliphatic carbocycles. The number of hydrogen-bond acceptors (Lipinski definition) is 1. The Balaban J connectivity index is 0. The molecule has 2 heteroatoms. The number of rotatable bonds is 0. The number of carbonyl (C=O) groups excluding carboxylic acids is 1. The van der Waals surface area contributed by atoms with E-state index in [2.05, 4.69) is 0 Å². The smallest absolute Gasteiger partial charge is 0.136 e. The lowest BCUT2D eigenvalue weighted by Crippen LogP contribution is -2.07. The first-order chi connectivity index (χ1) is 5.86. The van der Waals surface area contributed by atoms with E-state index in [1.165, 1.54) is 19.3 Å². The van der Waals surface area contributed by atoms with Crippen molar-refractivity contribution in [3.8, 4) is 0 Å². The highest BCUT2D eigenvalue weighted by Crippen LogP contribution is 2.41. The molecule has 0 aromatic heterocycles. The molecule has 0 amide bonds. The van der Waals surface area contributed by atoms with Crippen LogP contribution in [0.4, 0.5) is 0 Å². The van der Waals surface area contributed by atoms with E-state index in [9.17, 15) is 4.79 Å². The van der Waals surface area contributed by atoms with Crippen molar-refractivity contribution in [1.82, 2.24) is 0 Å². The molecule has 2 rings (SSSR count). The SMILES string of the molecule is CC.CC.O.O=C1CC2CCC1C2. The van der Waals surface area contributed by atoms with Gasteiger partial charge in [0.05, 0.1) is 0 Å². The minimum Gasteiger partial charge on any atom is -0.412 e. The Bertz CT molecular complexity index is 132. The second-order valence-electron chi connectivity index (χ2n) is 3.05. The van der Waals surface area contributed by atoms with E-state index in [0.29, 0.717) is 11.7 Å². The molecule has 80 valence electrons. The fourth-order valence-corrected chi connectivity index (χ4v) is 2.00. The van der Waals surface area contributed by atoms with Crippen LogP contribution in [0.25, 0.3) is 0 Å². The third-order valence-corrected chi connectivity index (χ3v) is 2.49. The zero-order valence-electron chi connectivity index (χ0n) is 9.39. The van der Waals surface area contributed by atoms with Crippen LogP contribution in [0, 0.1) is 11.8 Å². The van der Waals surface area contributed by atoms with Crippen molar-refractivity contribution in [2.45, 2.75) is 53.4 Å². The second-order valence-corrected chi connectivity index (χ2v) is 3.05. The molecule has 2 bridgehead atoms. The summed E-state index contributed by atoms with van der Waals surface area (Å²) in [6, 6.07) is 0. The van der Waals surface area contributed by atoms with Crippen molar-refractivity contribution in [3.05, 3.63) is 0 Å². The van der Waals surface area contributed by atoms with Gasteiger partial charge in [0, 0.05) is 12.3 Å². The molecule has 2 N–H and O–H groups in total. The highest BCUT2D eigenvalue weighted by Gasteiger charge is 2.37. The van der Waals surface area contributed by atoms with Gasteiger partial charge < -0.3 is 5.48 Å². The third-order valence-electron chi connectivity index (χ3n) is 2.49. The van der Waals surface area contributed by atoms with Gasteiger partial charge in [-0.3, -0.25) is 4.79 Å². The molecule has 0 aliphatic heterocycles. The van der Waals surface area contributed by atoms with Crippen LogP contribution < -0.4 is 0 Å². The molecule has 2 aliphatic rings. The Labute approximate surface area is 82.0 Å². The summed E-state index contributed by atoms with van der Waals surface area (Å²) < 4.78 is 0. The van der Waals surface area contributed by atoms with E-state index in [1.54, 1.807) is 0 Å². The summed E-state index contributed by atoms with van der Waals surface area (Å²) in [5, 5.41) is 0. The first kappa shape index (κ1) is 15.1. The molecule has 0 radical (unpaired) electrons. The molecular formula is C11H24O2. The summed E-state index contributed by atoms with van der Waals surface area (Å²) in [4.78, 5) is 10.8. The Morgan fingerprint density at radius 3 is 1.77 bits per heavy atom. The number of Topliss-reactive ketones (excluding diaryl/α,β-unsaturated/α-hetero) is 1. The van der Waals surface area contributed by atoms with Gasteiger partial charge in [0.2, 0.25) is 0 Å². The summed E-state index contributed by atoms with van der Waals surface area (Å²) in [5.74, 6) is 1.84. The Hall–Kier alpha value is -0.370. The van der Waals surface area contributed by atoms with E-state index in [0.717, 1.165) is 12.3 Å². The molecule has 2 atom stereocenters. The fourth-order valence-electron chi connectivity index (χ4n) is 2.00. The monoisotopic (exact) mass is 188 g/mol. The molecule has 13 heavy (non-hydrogen) atoms. The lowest BCUT2D eigenvalue weighted by molar-refractivity contribution is -0.121. The second kappa shape index (κ2) is 8.24. The molecule has 0 aromatic rings. The highest BCUT2D eigenvalue weighted by atomic mass is 16.1.